The molecule has 0 aliphatic rings. The van der Waals surface area contributed by atoms with Crippen LogP contribution in [0.25, 0.3) is 0 Å². The van der Waals surface area contributed by atoms with Crippen LogP contribution in [0.3, 0.4) is 0 Å². The topological polar surface area (TPSA) is 41.9 Å². The normalized spacial score (nSPS) is 10.5. The van der Waals surface area contributed by atoms with Crippen LogP contribution in [0.15, 0.2) is 59.2 Å². The Labute approximate surface area is 169 Å². The van der Waals surface area contributed by atoms with Crippen molar-refractivity contribution in [3.05, 3.63) is 74.8 Å². The number of rotatable bonds is 4. The second kappa shape index (κ2) is 8.19. The van der Waals surface area contributed by atoms with E-state index in [0.717, 1.165) is 20.7 Å². The van der Waals surface area contributed by atoms with E-state index in [9.17, 15) is 0 Å². The Morgan fingerprint density at radius 2 is 1.88 bits per heavy atom. The van der Waals surface area contributed by atoms with Crippen LogP contribution in [-0.2, 0) is 6.54 Å². The van der Waals surface area contributed by atoms with E-state index in [1.54, 1.807) is 10.7 Å². The van der Waals surface area contributed by atoms with E-state index in [-0.39, 0.29) is 0 Å². The van der Waals surface area contributed by atoms with Crippen molar-refractivity contribution in [2.24, 2.45) is 0 Å². The first kappa shape index (κ1) is 18.2. The maximum atomic E-state index is 6.18. The minimum absolute atomic E-state index is 0.409. The molecule has 128 valence electrons. The van der Waals surface area contributed by atoms with Crippen molar-refractivity contribution in [2.45, 2.75) is 6.54 Å². The summed E-state index contributed by atoms with van der Waals surface area (Å²) in [5.74, 6) is 0.637. The van der Waals surface area contributed by atoms with Gasteiger partial charge in [0.2, 0.25) is 0 Å². The number of hydrogen-bond donors (Lipinski definition) is 2. The molecule has 0 radical (unpaired) electrons. The first-order valence-electron chi connectivity index (χ1n) is 7.31. The Morgan fingerprint density at radius 3 is 2.64 bits per heavy atom. The van der Waals surface area contributed by atoms with Crippen molar-refractivity contribution >= 4 is 68.0 Å². The Hall–Kier alpha value is -1.60. The van der Waals surface area contributed by atoms with Gasteiger partial charge >= 0.3 is 0 Å². The van der Waals surface area contributed by atoms with E-state index in [1.165, 1.54) is 0 Å². The maximum Gasteiger partial charge on any atom is 0.176 e. The van der Waals surface area contributed by atoms with Crippen molar-refractivity contribution in [1.82, 2.24) is 9.78 Å². The lowest BCUT2D eigenvalue weighted by Crippen LogP contribution is -2.19. The largest absolute Gasteiger partial charge is 0.331 e. The van der Waals surface area contributed by atoms with Crippen LogP contribution in [0.4, 0.5) is 11.5 Å². The number of nitrogens with one attached hydrogen (secondary N) is 2. The number of hydrogen-bond acceptors (Lipinski definition) is 2. The highest BCUT2D eigenvalue weighted by Crippen LogP contribution is 2.25. The molecule has 3 rings (SSSR count). The van der Waals surface area contributed by atoms with Gasteiger partial charge in [-0.15, -0.1) is 0 Å². The van der Waals surface area contributed by atoms with Crippen molar-refractivity contribution in [2.75, 3.05) is 10.6 Å². The average molecular weight is 456 g/mol. The van der Waals surface area contributed by atoms with Crippen molar-refractivity contribution in [1.29, 1.82) is 0 Å². The zero-order valence-electron chi connectivity index (χ0n) is 12.8. The first-order chi connectivity index (χ1) is 12.0. The van der Waals surface area contributed by atoms with Gasteiger partial charge in [-0.25, -0.2) is 0 Å². The van der Waals surface area contributed by atoms with Crippen LogP contribution in [0, 0.1) is 0 Å². The van der Waals surface area contributed by atoms with Gasteiger partial charge in [0.15, 0.2) is 10.9 Å². The predicted octanol–water partition coefficient (Wildman–Crippen LogP) is 5.81. The molecule has 0 aliphatic carbocycles. The van der Waals surface area contributed by atoms with E-state index in [4.69, 9.17) is 35.4 Å². The molecule has 1 heterocycles. The molecule has 8 heteroatoms. The number of halogens is 3. The zero-order valence-corrected chi connectivity index (χ0v) is 16.8. The molecule has 2 aromatic carbocycles. The van der Waals surface area contributed by atoms with Crippen molar-refractivity contribution < 1.29 is 0 Å². The molecule has 0 saturated heterocycles. The van der Waals surface area contributed by atoms with Gasteiger partial charge in [0.05, 0.1) is 17.3 Å². The fourth-order valence-electron chi connectivity index (χ4n) is 2.18. The smallest absolute Gasteiger partial charge is 0.176 e. The van der Waals surface area contributed by atoms with Crippen molar-refractivity contribution in [3.63, 3.8) is 0 Å². The summed E-state index contributed by atoms with van der Waals surface area (Å²) in [6.07, 6.45) is 1.86. The quantitative estimate of drug-likeness (QED) is 0.487. The van der Waals surface area contributed by atoms with E-state index in [2.05, 4.69) is 31.7 Å². The monoisotopic (exact) mass is 454 g/mol. The highest BCUT2D eigenvalue weighted by atomic mass is 79.9. The molecule has 3 aromatic rings. The molecule has 0 amide bonds. The molecule has 1 aromatic heterocycles. The molecule has 0 unspecified atom stereocenters. The van der Waals surface area contributed by atoms with Gasteiger partial charge in [0.1, 0.15) is 0 Å². The van der Waals surface area contributed by atoms with E-state index >= 15 is 0 Å². The molecule has 4 nitrogen and oxygen atoms in total. The second-order valence-electron chi connectivity index (χ2n) is 5.19. The molecular formula is C17H13BrCl2N4S. The minimum atomic E-state index is 0.409. The standard InChI is InChI=1S/C17H13BrCl2N4S/c18-12-5-6-15(14(20)9-12)21-17(25)22-16-7-8-24(23-16)10-11-3-1-2-4-13(11)19/h1-9H,10H2,(H2,21,22,23,25). The summed E-state index contributed by atoms with van der Waals surface area (Å²) < 4.78 is 2.69. The van der Waals surface area contributed by atoms with E-state index in [1.807, 2.05) is 48.7 Å². The molecular weight excluding hydrogens is 443 g/mol. The number of anilines is 2. The Bertz CT molecular complexity index is 913. The third kappa shape index (κ3) is 4.95. The van der Waals surface area contributed by atoms with Crippen LogP contribution >= 0.6 is 51.3 Å². The summed E-state index contributed by atoms with van der Waals surface area (Å²) in [6.45, 7) is 0.583. The average Bonchev–Trinajstić information content (AvgIpc) is 2.99. The highest BCUT2D eigenvalue weighted by Gasteiger charge is 2.07. The molecule has 0 saturated carbocycles. The highest BCUT2D eigenvalue weighted by molar-refractivity contribution is 9.10. The zero-order chi connectivity index (χ0) is 17.8. The molecule has 25 heavy (non-hydrogen) atoms. The number of thiocarbonyl (C=S) groups is 1. The van der Waals surface area contributed by atoms with Crippen molar-refractivity contribution in [3.8, 4) is 0 Å². The number of aromatic nitrogens is 2. The fourth-order valence-corrected chi connectivity index (χ4v) is 3.31. The Balaban J connectivity index is 1.63. The minimum Gasteiger partial charge on any atom is -0.331 e. The van der Waals surface area contributed by atoms with Gasteiger partial charge in [-0.3, -0.25) is 4.68 Å². The van der Waals surface area contributed by atoms with E-state index in [0.29, 0.717) is 22.5 Å². The van der Waals surface area contributed by atoms with Gasteiger partial charge in [0.25, 0.3) is 0 Å². The van der Waals surface area contributed by atoms with Gasteiger partial charge in [-0.2, -0.15) is 5.10 Å². The summed E-state index contributed by atoms with van der Waals surface area (Å²) in [5.41, 5.74) is 1.72. The third-order valence-corrected chi connectivity index (χ3v) is 4.73. The Morgan fingerprint density at radius 1 is 1.08 bits per heavy atom. The lowest BCUT2D eigenvalue weighted by molar-refractivity contribution is 0.690. The second-order valence-corrected chi connectivity index (χ2v) is 7.33. The lowest BCUT2D eigenvalue weighted by atomic mass is 10.2. The molecule has 0 spiro atoms. The summed E-state index contributed by atoms with van der Waals surface area (Å²) in [5, 5.41) is 12.2. The fraction of sp³-hybridized carbons (Fsp3) is 0.0588. The first-order valence-corrected chi connectivity index (χ1v) is 9.27. The molecule has 0 fully saturated rings. The summed E-state index contributed by atoms with van der Waals surface area (Å²) in [7, 11) is 0. The molecule has 2 N–H and O–H groups in total. The van der Waals surface area contributed by atoms with Crippen LogP contribution in [0.1, 0.15) is 5.56 Å². The van der Waals surface area contributed by atoms with Gasteiger partial charge in [-0.1, -0.05) is 57.3 Å². The third-order valence-electron chi connectivity index (χ3n) is 3.35. The molecule has 0 bridgehead atoms. The van der Waals surface area contributed by atoms with Crippen LogP contribution < -0.4 is 10.6 Å². The van der Waals surface area contributed by atoms with Gasteiger partial charge in [0, 0.05) is 21.8 Å². The van der Waals surface area contributed by atoms with Crippen LogP contribution in [0.5, 0.6) is 0 Å². The van der Waals surface area contributed by atoms with Crippen LogP contribution in [-0.4, -0.2) is 14.9 Å². The van der Waals surface area contributed by atoms with Crippen LogP contribution in [0.2, 0.25) is 10.0 Å². The summed E-state index contributed by atoms with van der Waals surface area (Å²) >= 11 is 21.0. The number of nitrogens with zero attached hydrogens (tertiary/aromatic N) is 2. The number of benzene rings is 2. The molecule has 0 aliphatic heterocycles. The maximum absolute atomic E-state index is 6.18. The van der Waals surface area contributed by atoms with E-state index < -0.39 is 0 Å². The van der Waals surface area contributed by atoms with Gasteiger partial charge in [-0.05, 0) is 42.0 Å². The SMILES string of the molecule is S=C(Nc1ccn(Cc2ccccc2Cl)n1)Nc1ccc(Br)cc1Cl. The predicted molar refractivity (Wildman–Crippen MR) is 112 cm³/mol. The summed E-state index contributed by atoms with van der Waals surface area (Å²) in [6, 6.07) is 15.0. The Kier molecular flexibility index (Phi) is 5.96. The lowest BCUT2D eigenvalue weighted by Gasteiger charge is -2.10. The molecule has 0 atom stereocenters. The van der Waals surface area contributed by atoms with Gasteiger partial charge < -0.3 is 10.6 Å². The summed E-state index contributed by atoms with van der Waals surface area (Å²) in [4.78, 5) is 0.